The maximum absolute atomic E-state index is 8.81. The Morgan fingerprint density at radius 3 is 2.74 bits per heavy atom. The summed E-state index contributed by atoms with van der Waals surface area (Å²) in [4.78, 5) is 13.6. The van der Waals surface area contributed by atoms with Crippen molar-refractivity contribution in [2.75, 3.05) is 12.4 Å². The summed E-state index contributed by atoms with van der Waals surface area (Å²) in [6, 6.07) is 8.30. The summed E-state index contributed by atoms with van der Waals surface area (Å²) >= 11 is 1.75. The second-order valence-corrected chi connectivity index (χ2v) is 6.42. The zero-order valence-corrected chi connectivity index (χ0v) is 14.2. The third-order valence-electron chi connectivity index (χ3n) is 3.91. The summed E-state index contributed by atoms with van der Waals surface area (Å²) in [5.41, 5.74) is 3.61. The zero-order valence-electron chi connectivity index (χ0n) is 13.4. The second-order valence-electron chi connectivity index (χ2n) is 5.39. The van der Waals surface area contributed by atoms with Crippen LogP contribution in [0.5, 0.6) is 0 Å². The third-order valence-corrected chi connectivity index (χ3v) is 4.96. The second kappa shape index (κ2) is 6.96. The number of aldehydes is 1. The number of nitrogens with zero attached hydrogens (tertiary/aromatic N) is 1. The van der Waals surface area contributed by atoms with Gasteiger partial charge in [-0.05, 0) is 38.3 Å². The van der Waals surface area contributed by atoms with Crippen molar-refractivity contribution >= 4 is 33.7 Å². The molecule has 1 N–H and O–H groups in total. The summed E-state index contributed by atoms with van der Waals surface area (Å²) in [5, 5.41) is 4.27. The van der Waals surface area contributed by atoms with Gasteiger partial charge in [0.15, 0.2) is 0 Å². The first kappa shape index (κ1) is 15.7. The molecule has 0 aliphatic heterocycles. The molecule has 0 amide bonds. The van der Waals surface area contributed by atoms with E-state index < -0.39 is 0 Å². The molecule has 0 bridgehead atoms. The molecule has 2 aromatic heterocycles. The monoisotopic (exact) mass is 328 g/mol. The van der Waals surface area contributed by atoms with Crippen LogP contribution in [0.1, 0.15) is 31.1 Å². The van der Waals surface area contributed by atoms with Crippen molar-refractivity contribution < 1.29 is 9.21 Å². The Hall–Kier alpha value is -2.14. The summed E-state index contributed by atoms with van der Waals surface area (Å²) < 4.78 is 7.22. The van der Waals surface area contributed by atoms with Gasteiger partial charge in [-0.3, -0.25) is 0 Å². The van der Waals surface area contributed by atoms with Gasteiger partial charge in [0.1, 0.15) is 17.1 Å². The number of aryl methyl sites for hydroxylation is 1. The Labute approximate surface area is 139 Å². The van der Waals surface area contributed by atoms with E-state index in [0.717, 1.165) is 41.3 Å². The lowest BCUT2D eigenvalue weighted by atomic mass is 9.95. The van der Waals surface area contributed by atoms with Crippen LogP contribution in [0, 0.1) is 0 Å². The fourth-order valence-corrected chi connectivity index (χ4v) is 3.98. The van der Waals surface area contributed by atoms with Gasteiger partial charge in [-0.15, -0.1) is 11.3 Å². The molecule has 4 nitrogen and oxygen atoms in total. The number of hydrogen-bond acceptors (Lipinski definition) is 5. The lowest BCUT2D eigenvalue weighted by molar-refractivity contribution is -0.106. The highest BCUT2D eigenvalue weighted by atomic mass is 32.1. The number of hydrogen-bond donors (Lipinski definition) is 1. The van der Waals surface area contributed by atoms with Gasteiger partial charge in [-0.2, -0.15) is 0 Å². The summed E-state index contributed by atoms with van der Waals surface area (Å²) in [7, 11) is 1.92. The van der Waals surface area contributed by atoms with E-state index in [-0.39, 0.29) is 0 Å². The number of nitrogens with one attached hydrogen (secondary N) is 1. The largest absolute Gasteiger partial charge is 0.445 e. The fourth-order valence-electron chi connectivity index (χ4n) is 2.95. The zero-order chi connectivity index (χ0) is 16.2. The average molecular weight is 328 g/mol. The van der Waals surface area contributed by atoms with Gasteiger partial charge >= 0.3 is 0 Å². The van der Waals surface area contributed by atoms with Crippen molar-refractivity contribution in [1.29, 1.82) is 0 Å². The van der Waals surface area contributed by atoms with Gasteiger partial charge in [-0.25, -0.2) is 4.98 Å². The van der Waals surface area contributed by atoms with Crippen molar-refractivity contribution in [3.63, 3.8) is 0 Å². The molecule has 1 aromatic carbocycles. The minimum atomic E-state index is 0.750. The first-order valence-electron chi connectivity index (χ1n) is 7.86. The molecule has 1 aliphatic rings. The molecule has 120 valence electrons. The van der Waals surface area contributed by atoms with E-state index in [9.17, 15) is 0 Å². The molecule has 0 atom stereocenters. The molecule has 0 saturated carbocycles. The van der Waals surface area contributed by atoms with Crippen molar-refractivity contribution in [1.82, 2.24) is 4.98 Å². The Kier molecular flexibility index (Phi) is 4.76. The lowest BCUT2D eigenvalue weighted by Crippen LogP contribution is -2.00. The first-order valence-corrected chi connectivity index (χ1v) is 8.68. The molecule has 1 aliphatic carbocycles. The molecule has 2 heterocycles. The van der Waals surface area contributed by atoms with E-state index in [2.05, 4.69) is 23.5 Å². The Bertz CT molecular complexity index is 787. The highest BCUT2D eigenvalue weighted by Gasteiger charge is 2.25. The Balaban J connectivity index is 0.000000485. The number of para-hydroxylation sites is 1. The quantitative estimate of drug-likeness (QED) is 0.694. The van der Waals surface area contributed by atoms with Crippen LogP contribution in [-0.2, 0) is 17.6 Å². The number of anilines is 1. The minimum absolute atomic E-state index is 0.750. The van der Waals surface area contributed by atoms with E-state index in [1.807, 2.05) is 13.1 Å². The van der Waals surface area contributed by atoms with E-state index in [4.69, 9.17) is 14.2 Å². The summed E-state index contributed by atoms with van der Waals surface area (Å²) in [5.74, 6) is 2.02. The van der Waals surface area contributed by atoms with E-state index in [1.165, 1.54) is 35.6 Å². The van der Waals surface area contributed by atoms with Gasteiger partial charge < -0.3 is 14.5 Å². The van der Waals surface area contributed by atoms with Crippen molar-refractivity contribution in [3.8, 4) is 10.6 Å². The number of carbonyl (C=O) groups excluding carboxylic acids is 1. The molecule has 0 unspecified atom stereocenters. The molecule has 23 heavy (non-hydrogen) atoms. The van der Waals surface area contributed by atoms with E-state index in [0.29, 0.717) is 0 Å². The van der Waals surface area contributed by atoms with Crippen LogP contribution < -0.4 is 5.32 Å². The highest BCUT2D eigenvalue weighted by molar-refractivity contribution is 7.21. The van der Waals surface area contributed by atoms with Crippen LogP contribution in [0.4, 0.5) is 5.88 Å². The topological polar surface area (TPSA) is 55.1 Å². The number of carbonyl (C=O) groups is 1. The molecular formula is C18H20N2O2S. The van der Waals surface area contributed by atoms with Crippen molar-refractivity contribution in [3.05, 3.63) is 35.6 Å². The van der Waals surface area contributed by atoms with Gasteiger partial charge in [0.05, 0.1) is 15.8 Å². The molecule has 0 fully saturated rings. The van der Waals surface area contributed by atoms with Crippen LogP contribution in [0.15, 0.2) is 28.7 Å². The Morgan fingerprint density at radius 2 is 2.00 bits per heavy atom. The molecule has 0 saturated heterocycles. The highest BCUT2D eigenvalue weighted by Crippen LogP contribution is 2.42. The maximum Gasteiger partial charge on any atom is 0.203 e. The Morgan fingerprint density at radius 1 is 1.26 bits per heavy atom. The number of furan rings is 1. The van der Waals surface area contributed by atoms with E-state index >= 15 is 0 Å². The van der Waals surface area contributed by atoms with Crippen molar-refractivity contribution in [2.24, 2.45) is 0 Å². The number of aromatic nitrogens is 1. The van der Waals surface area contributed by atoms with Crippen LogP contribution >= 0.6 is 11.3 Å². The lowest BCUT2D eigenvalue weighted by Gasteiger charge is -2.09. The first-order chi connectivity index (χ1) is 11.3. The van der Waals surface area contributed by atoms with Gasteiger partial charge in [0.25, 0.3) is 0 Å². The normalized spacial score (nSPS) is 13.1. The molecule has 4 rings (SSSR count). The molecule has 5 heteroatoms. The predicted octanol–water partition coefficient (Wildman–Crippen LogP) is 4.68. The van der Waals surface area contributed by atoms with Crippen LogP contribution in [-0.4, -0.2) is 18.3 Å². The number of benzene rings is 1. The van der Waals surface area contributed by atoms with Gasteiger partial charge in [0.2, 0.25) is 5.88 Å². The number of rotatable bonds is 2. The fraction of sp³-hybridized carbons (Fsp3) is 0.333. The average Bonchev–Trinajstić information content (AvgIpc) is 3.15. The smallest absolute Gasteiger partial charge is 0.203 e. The van der Waals surface area contributed by atoms with Gasteiger partial charge in [-0.1, -0.05) is 12.1 Å². The maximum atomic E-state index is 8.81. The third kappa shape index (κ3) is 3.01. The number of fused-ring (bicyclic) bond motifs is 2. The summed E-state index contributed by atoms with van der Waals surface area (Å²) in [6.07, 6.45) is 5.37. The summed E-state index contributed by atoms with van der Waals surface area (Å²) in [6.45, 7) is 1.44. The van der Waals surface area contributed by atoms with Crippen molar-refractivity contribution in [2.45, 2.75) is 32.6 Å². The molecule has 0 spiro atoms. The van der Waals surface area contributed by atoms with Crippen LogP contribution in [0.3, 0.4) is 0 Å². The standard InChI is InChI=1S/C16H16N2OS.C2H4O/c1-17-15-14(10-6-2-4-8-12(10)19-15)16-18-11-7-3-5-9-13(11)20-16;1-2-3/h3,5,7,9,17H,2,4,6,8H2,1H3;2H,1H3. The SMILES string of the molecule is CC=O.CNc1oc2c(c1-c1nc3ccccc3s1)CCCC2. The van der Waals surface area contributed by atoms with Crippen LogP contribution in [0.2, 0.25) is 0 Å². The minimum Gasteiger partial charge on any atom is -0.445 e. The predicted molar refractivity (Wildman–Crippen MR) is 95.2 cm³/mol. The molecule has 3 aromatic rings. The molecule has 0 radical (unpaired) electrons. The van der Waals surface area contributed by atoms with E-state index in [1.54, 1.807) is 11.3 Å². The van der Waals surface area contributed by atoms with Gasteiger partial charge in [0, 0.05) is 19.0 Å². The number of thiazole rings is 1. The van der Waals surface area contributed by atoms with Crippen LogP contribution in [0.25, 0.3) is 20.8 Å². The molecular weight excluding hydrogens is 308 g/mol.